The molecule has 1 aliphatic heterocycles. The van der Waals surface area contributed by atoms with E-state index in [9.17, 15) is 4.79 Å². The number of ether oxygens (including phenoxy) is 2. The first-order chi connectivity index (χ1) is 10.1. The molecule has 4 nitrogen and oxygen atoms in total. The third-order valence-corrected chi connectivity index (χ3v) is 5.89. The lowest BCUT2D eigenvalue weighted by molar-refractivity contribution is -0.0524. The summed E-state index contributed by atoms with van der Waals surface area (Å²) in [5.74, 6) is 1.95. The number of hydrogen-bond acceptors (Lipinski definition) is 3. The first-order valence-electron chi connectivity index (χ1n) is 8.66. The number of fused-ring (bicyclic) bond motifs is 1. The van der Waals surface area contributed by atoms with Gasteiger partial charge in [0.05, 0.1) is 13.2 Å². The van der Waals surface area contributed by atoms with Crippen molar-refractivity contribution in [1.82, 2.24) is 4.90 Å². The lowest BCUT2D eigenvalue weighted by atomic mass is 9.82. The minimum atomic E-state index is -0.227. The first kappa shape index (κ1) is 15.1. The molecule has 3 fully saturated rings. The zero-order valence-corrected chi connectivity index (χ0v) is 13.5. The highest BCUT2D eigenvalue weighted by atomic mass is 16.6. The molecule has 0 aromatic heterocycles. The summed E-state index contributed by atoms with van der Waals surface area (Å²) < 4.78 is 11.4. The van der Waals surface area contributed by atoms with Gasteiger partial charge in [-0.2, -0.15) is 0 Å². The molecule has 2 unspecified atom stereocenters. The van der Waals surface area contributed by atoms with E-state index in [1.807, 2.05) is 4.90 Å². The van der Waals surface area contributed by atoms with E-state index in [1.165, 1.54) is 25.7 Å². The maximum Gasteiger partial charge on any atom is 0.410 e. The summed E-state index contributed by atoms with van der Waals surface area (Å²) in [5.41, 5.74) is -0.227. The summed E-state index contributed by atoms with van der Waals surface area (Å²) in [7, 11) is 0. The second-order valence-corrected chi connectivity index (χ2v) is 7.40. The molecule has 0 N–H and O–H groups in total. The molecular weight excluding hydrogens is 266 g/mol. The molecule has 4 heteroatoms. The minimum Gasteiger partial charge on any atom is -0.443 e. The van der Waals surface area contributed by atoms with Crippen molar-refractivity contribution in [3.8, 4) is 0 Å². The highest BCUT2D eigenvalue weighted by molar-refractivity contribution is 5.68. The van der Waals surface area contributed by atoms with Crippen LogP contribution in [-0.2, 0) is 9.47 Å². The predicted molar refractivity (Wildman–Crippen MR) is 81.1 cm³/mol. The predicted octanol–water partition coefficient (Wildman–Crippen LogP) is 3.45. The van der Waals surface area contributed by atoms with E-state index in [2.05, 4.69) is 13.8 Å². The van der Waals surface area contributed by atoms with Gasteiger partial charge in [-0.1, -0.05) is 39.5 Å². The van der Waals surface area contributed by atoms with Gasteiger partial charge in [-0.05, 0) is 30.6 Å². The van der Waals surface area contributed by atoms with Crippen LogP contribution in [0.3, 0.4) is 0 Å². The summed E-state index contributed by atoms with van der Waals surface area (Å²) in [6.45, 7) is 7.03. The SMILES string of the molecule is CC(C)C1(OC(=O)N2CCOCC2)CC2CCCCC2C1. The molecule has 1 amide bonds. The molecular formula is C17H29NO3. The number of carbonyl (C=O) groups is 1. The third kappa shape index (κ3) is 3.05. The van der Waals surface area contributed by atoms with Gasteiger partial charge >= 0.3 is 6.09 Å². The van der Waals surface area contributed by atoms with E-state index < -0.39 is 0 Å². The average Bonchev–Trinajstić information content (AvgIpc) is 2.87. The molecule has 0 bridgehead atoms. The van der Waals surface area contributed by atoms with Gasteiger partial charge in [0.2, 0.25) is 0 Å². The highest BCUT2D eigenvalue weighted by Gasteiger charge is 2.50. The van der Waals surface area contributed by atoms with Crippen molar-refractivity contribution in [2.24, 2.45) is 17.8 Å². The quantitative estimate of drug-likeness (QED) is 0.783. The van der Waals surface area contributed by atoms with Gasteiger partial charge in [0.1, 0.15) is 5.60 Å². The molecule has 120 valence electrons. The van der Waals surface area contributed by atoms with Crippen LogP contribution in [0.5, 0.6) is 0 Å². The molecule has 0 spiro atoms. The van der Waals surface area contributed by atoms with Gasteiger partial charge in [-0.3, -0.25) is 0 Å². The molecule has 1 saturated heterocycles. The molecule has 21 heavy (non-hydrogen) atoms. The fraction of sp³-hybridized carbons (Fsp3) is 0.941. The van der Waals surface area contributed by atoms with E-state index in [-0.39, 0.29) is 11.7 Å². The standard InChI is InChI=1S/C17H29NO3/c1-13(2)17(11-14-5-3-4-6-15(14)12-17)21-16(19)18-7-9-20-10-8-18/h13-15H,3-12H2,1-2H3. The van der Waals surface area contributed by atoms with E-state index in [0.717, 1.165) is 24.7 Å². The van der Waals surface area contributed by atoms with E-state index in [4.69, 9.17) is 9.47 Å². The second-order valence-electron chi connectivity index (χ2n) is 7.40. The molecule has 0 aromatic carbocycles. The maximum atomic E-state index is 12.5. The molecule has 2 atom stereocenters. The zero-order valence-electron chi connectivity index (χ0n) is 13.5. The number of morpholine rings is 1. The lowest BCUT2D eigenvalue weighted by Crippen LogP contribution is -2.47. The Labute approximate surface area is 128 Å². The smallest absolute Gasteiger partial charge is 0.410 e. The fourth-order valence-corrected chi connectivity index (χ4v) is 4.45. The minimum absolute atomic E-state index is 0.120. The van der Waals surface area contributed by atoms with Crippen LogP contribution in [0.25, 0.3) is 0 Å². The van der Waals surface area contributed by atoms with Crippen molar-refractivity contribution in [3.05, 3.63) is 0 Å². The lowest BCUT2D eigenvalue weighted by Gasteiger charge is -2.37. The van der Waals surface area contributed by atoms with Crippen LogP contribution in [0.15, 0.2) is 0 Å². The number of nitrogens with zero attached hydrogens (tertiary/aromatic N) is 1. The molecule has 3 aliphatic rings. The molecule has 3 rings (SSSR count). The summed E-state index contributed by atoms with van der Waals surface area (Å²) in [4.78, 5) is 14.3. The summed E-state index contributed by atoms with van der Waals surface area (Å²) in [5, 5.41) is 0. The largest absolute Gasteiger partial charge is 0.443 e. The first-order valence-corrected chi connectivity index (χ1v) is 8.66. The van der Waals surface area contributed by atoms with Crippen LogP contribution >= 0.6 is 0 Å². The number of amides is 1. The van der Waals surface area contributed by atoms with Crippen LogP contribution < -0.4 is 0 Å². The summed E-state index contributed by atoms with van der Waals surface area (Å²) in [6, 6.07) is 0. The zero-order chi connectivity index (χ0) is 14.9. The maximum absolute atomic E-state index is 12.5. The van der Waals surface area contributed by atoms with Gasteiger partial charge in [-0.15, -0.1) is 0 Å². The molecule has 0 aromatic rings. The van der Waals surface area contributed by atoms with Crippen molar-refractivity contribution in [2.45, 2.75) is 58.0 Å². The molecule has 2 saturated carbocycles. The number of hydrogen-bond donors (Lipinski definition) is 0. The molecule has 2 aliphatic carbocycles. The normalized spacial score (nSPS) is 36.6. The van der Waals surface area contributed by atoms with Crippen LogP contribution in [0, 0.1) is 17.8 Å². The van der Waals surface area contributed by atoms with Crippen molar-refractivity contribution in [1.29, 1.82) is 0 Å². The summed E-state index contributed by atoms with van der Waals surface area (Å²) >= 11 is 0. The highest BCUT2D eigenvalue weighted by Crippen LogP contribution is 2.51. The fourth-order valence-electron chi connectivity index (χ4n) is 4.45. The molecule has 1 heterocycles. The van der Waals surface area contributed by atoms with Crippen molar-refractivity contribution in [2.75, 3.05) is 26.3 Å². The van der Waals surface area contributed by atoms with E-state index in [1.54, 1.807) is 0 Å². The van der Waals surface area contributed by atoms with Crippen molar-refractivity contribution >= 4 is 6.09 Å². The second kappa shape index (κ2) is 6.15. The van der Waals surface area contributed by atoms with E-state index >= 15 is 0 Å². The van der Waals surface area contributed by atoms with Crippen LogP contribution in [0.2, 0.25) is 0 Å². The Kier molecular flexibility index (Phi) is 4.43. The third-order valence-electron chi connectivity index (χ3n) is 5.89. The Balaban J connectivity index is 1.68. The monoisotopic (exact) mass is 295 g/mol. The van der Waals surface area contributed by atoms with Gasteiger partial charge in [0, 0.05) is 13.1 Å². The molecule has 0 radical (unpaired) electrons. The summed E-state index contributed by atoms with van der Waals surface area (Å²) in [6.07, 6.45) is 7.39. The van der Waals surface area contributed by atoms with Gasteiger partial charge < -0.3 is 14.4 Å². The number of rotatable bonds is 2. The van der Waals surface area contributed by atoms with Crippen LogP contribution in [-0.4, -0.2) is 42.9 Å². The number of carbonyl (C=O) groups excluding carboxylic acids is 1. The Morgan fingerprint density at radius 3 is 2.24 bits per heavy atom. The Morgan fingerprint density at radius 2 is 1.71 bits per heavy atom. The Hall–Kier alpha value is -0.770. The van der Waals surface area contributed by atoms with Gasteiger partial charge in [-0.25, -0.2) is 4.79 Å². The van der Waals surface area contributed by atoms with Gasteiger partial charge in [0.25, 0.3) is 0 Å². The topological polar surface area (TPSA) is 38.8 Å². The Bertz CT molecular complexity index is 362. The average molecular weight is 295 g/mol. The van der Waals surface area contributed by atoms with Crippen molar-refractivity contribution in [3.63, 3.8) is 0 Å². The van der Waals surface area contributed by atoms with Crippen LogP contribution in [0.4, 0.5) is 4.79 Å². The van der Waals surface area contributed by atoms with Gasteiger partial charge in [0.15, 0.2) is 0 Å². The van der Waals surface area contributed by atoms with Crippen LogP contribution in [0.1, 0.15) is 52.4 Å². The van der Waals surface area contributed by atoms with Crippen molar-refractivity contribution < 1.29 is 14.3 Å². The van der Waals surface area contributed by atoms with E-state index in [0.29, 0.717) is 32.2 Å². The Morgan fingerprint density at radius 1 is 1.14 bits per heavy atom.